The van der Waals surface area contributed by atoms with Crippen molar-refractivity contribution >= 4 is 17.3 Å². The first-order valence-corrected chi connectivity index (χ1v) is 12.0. The first-order chi connectivity index (χ1) is 16.7. The van der Waals surface area contributed by atoms with Gasteiger partial charge in [-0.1, -0.05) is 91.0 Å². The zero-order chi connectivity index (χ0) is 23.4. The van der Waals surface area contributed by atoms with Crippen LogP contribution in [0.15, 0.2) is 116 Å². The third kappa shape index (κ3) is 3.84. The summed E-state index contributed by atoms with van der Waals surface area (Å²) < 4.78 is 7.33. The molecule has 0 aliphatic heterocycles. The zero-order valence-electron chi connectivity index (χ0n) is 18.8. The second-order valence-corrected chi connectivity index (χ2v) is 8.94. The lowest BCUT2D eigenvalue weighted by Gasteiger charge is -2.37. The van der Waals surface area contributed by atoms with E-state index in [1.165, 1.54) is 11.3 Å². The van der Waals surface area contributed by atoms with Crippen molar-refractivity contribution in [2.24, 2.45) is 0 Å². The standard InChI is InChI=1S/C29H24N2O2S/c1-2-33-28(32)27-19-18-26(34-27)25-20-31(21-30-25)29(22-12-6-3-7-13-22,23-14-8-4-9-15-23)24-16-10-5-11-17-24/h3-21H,2H2,1H3. The second-order valence-electron chi connectivity index (χ2n) is 7.86. The third-order valence-corrected chi connectivity index (χ3v) is 6.97. The Bertz CT molecular complexity index is 1280. The Morgan fingerprint density at radius 3 is 1.85 bits per heavy atom. The lowest BCUT2D eigenvalue weighted by atomic mass is 9.77. The normalized spacial score (nSPS) is 11.3. The van der Waals surface area contributed by atoms with Crippen LogP contribution in [0.1, 0.15) is 33.3 Å². The van der Waals surface area contributed by atoms with Crippen LogP contribution in [0.5, 0.6) is 0 Å². The summed E-state index contributed by atoms with van der Waals surface area (Å²) in [5.74, 6) is -0.301. The van der Waals surface area contributed by atoms with Crippen molar-refractivity contribution in [3.8, 4) is 10.6 Å². The number of hydrogen-bond donors (Lipinski definition) is 0. The summed E-state index contributed by atoms with van der Waals surface area (Å²) in [5.41, 5.74) is 3.60. The number of ether oxygens (including phenoxy) is 1. The summed E-state index contributed by atoms with van der Waals surface area (Å²) >= 11 is 1.40. The van der Waals surface area contributed by atoms with Crippen LogP contribution in [0, 0.1) is 0 Å². The number of carbonyl (C=O) groups excluding carboxylic acids is 1. The molecule has 5 aromatic rings. The highest BCUT2D eigenvalue weighted by atomic mass is 32.1. The molecule has 0 fully saturated rings. The van der Waals surface area contributed by atoms with Crippen molar-refractivity contribution in [1.29, 1.82) is 0 Å². The molecule has 0 radical (unpaired) electrons. The van der Waals surface area contributed by atoms with E-state index in [-0.39, 0.29) is 5.97 Å². The molecule has 0 N–H and O–H groups in total. The fraction of sp³-hybridized carbons (Fsp3) is 0.103. The van der Waals surface area contributed by atoms with Gasteiger partial charge in [-0.15, -0.1) is 11.3 Å². The quantitative estimate of drug-likeness (QED) is 0.201. The van der Waals surface area contributed by atoms with Crippen molar-refractivity contribution in [3.05, 3.63) is 137 Å². The van der Waals surface area contributed by atoms with Crippen LogP contribution in [0.25, 0.3) is 10.6 Å². The molecule has 0 saturated heterocycles. The van der Waals surface area contributed by atoms with Crippen molar-refractivity contribution in [1.82, 2.24) is 9.55 Å². The number of esters is 1. The highest BCUT2D eigenvalue weighted by molar-refractivity contribution is 7.17. The molecular weight excluding hydrogens is 440 g/mol. The Labute approximate surface area is 203 Å². The van der Waals surface area contributed by atoms with Gasteiger partial charge >= 0.3 is 5.97 Å². The van der Waals surface area contributed by atoms with Crippen molar-refractivity contribution in [3.63, 3.8) is 0 Å². The Morgan fingerprint density at radius 2 is 1.35 bits per heavy atom. The number of carbonyl (C=O) groups is 1. The molecule has 0 spiro atoms. The van der Waals surface area contributed by atoms with Crippen LogP contribution < -0.4 is 0 Å². The third-order valence-electron chi connectivity index (χ3n) is 5.88. The largest absolute Gasteiger partial charge is 0.462 e. The number of hydrogen-bond acceptors (Lipinski definition) is 4. The van der Waals surface area contributed by atoms with Gasteiger partial charge in [-0.05, 0) is 35.7 Å². The molecule has 0 saturated carbocycles. The number of imidazole rings is 1. The van der Waals surface area contributed by atoms with Crippen LogP contribution in [0.4, 0.5) is 0 Å². The van der Waals surface area contributed by atoms with Crippen LogP contribution in [0.2, 0.25) is 0 Å². The van der Waals surface area contributed by atoms with E-state index in [1.807, 2.05) is 37.5 Å². The Balaban J connectivity index is 1.70. The molecule has 0 aliphatic rings. The Morgan fingerprint density at radius 1 is 0.824 bits per heavy atom. The topological polar surface area (TPSA) is 44.1 Å². The molecule has 0 unspecified atom stereocenters. The first-order valence-electron chi connectivity index (χ1n) is 11.2. The maximum Gasteiger partial charge on any atom is 0.348 e. The predicted octanol–water partition coefficient (Wildman–Crippen LogP) is 6.63. The van der Waals surface area contributed by atoms with E-state index in [0.717, 1.165) is 27.3 Å². The molecule has 5 rings (SSSR count). The van der Waals surface area contributed by atoms with E-state index in [1.54, 1.807) is 6.07 Å². The minimum Gasteiger partial charge on any atom is -0.462 e. The first kappa shape index (κ1) is 21.9. The van der Waals surface area contributed by atoms with Gasteiger partial charge in [0.1, 0.15) is 10.4 Å². The van der Waals surface area contributed by atoms with Gasteiger partial charge in [0, 0.05) is 6.20 Å². The number of thiophene rings is 1. The lowest BCUT2D eigenvalue weighted by Crippen LogP contribution is -2.36. The van der Waals surface area contributed by atoms with E-state index < -0.39 is 5.54 Å². The number of benzene rings is 3. The molecule has 2 heterocycles. The zero-order valence-corrected chi connectivity index (χ0v) is 19.6. The van der Waals surface area contributed by atoms with Gasteiger partial charge in [-0.25, -0.2) is 9.78 Å². The molecule has 4 nitrogen and oxygen atoms in total. The lowest BCUT2D eigenvalue weighted by molar-refractivity contribution is 0.0532. The molecule has 0 aliphatic carbocycles. The smallest absolute Gasteiger partial charge is 0.348 e. The summed E-state index contributed by atoms with van der Waals surface area (Å²) in [7, 11) is 0. The molecule has 3 aromatic carbocycles. The number of rotatable bonds is 7. The predicted molar refractivity (Wildman–Crippen MR) is 136 cm³/mol. The Hall–Kier alpha value is -3.96. The second kappa shape index (κ2) is 9.49. The van der Waals surface area contributed by atoms with E-state index in [2.05, 4.69) is 83.6 Å². The van der Waals surface area contributed by atoms with Crippen LogP contribution >= 0.6 is 11.3 Å². The molecule has 168 valence electrons. The van der Waals surface area contributed by atoms with E-state index in [0.29, 0.717) is 11.5 Å². The molecular formula is C29H24N2O2S. The van der Waals surface area contributed by atoms with Gasteiger partial charge in [0.05, 0.1) is 23.5 Å². The minimum absolute atomic E-state index is 0.301. The fourth-order valence-corrected chi connectivity index (χ4v) is 5.27. The average Bonchev–Trinajstić information content (AvgIpc) is 3.58. The summed E-state index contributed by atoms with van der Waals surface area (Å²) in [5, 5.41) is 0. The highest BCUT2D eigenvalue weighted by Crippen LogP contribution is 2.41. The van der Waals surface area contributed by atoms with Gasteiger partial charge in [0.25, 0.3) is 0 Å². The summed E-state index contributed by atoms with van der Waals surface area (Å²) in [6, 6.07) is 35.2. The van der Waals surface area contributed by atoms with Crippen molar-refractivity contribution in [2.75, 3.05) is 6.61 Å². The van der Waals surface area contributed by atoms with E-state index in [9.17, 15) is 4.79 Å². The molecule has 0 bridgehead atoms. The van der Waals surface area contributed by atoms with Crippen molar-refractivity contribution < 1.29 is 9.53 Å². The average molecular weight is 465 g/mol. The summed E-state index contributed by atoms with van der Waals surface area (Å²) in [6.45, 7) is 2.17. The van der Waals surface area contributed by atoms with Crippen LogP contribution in [0.3, 0.4) is 0 Å². The van der Waals surface area contributed by atoms with Gasteiger partial charge < -0.3 is 9.30 Å². The maximum atomic E-state index is 12.2. The molecule has 0 amide bonds. The SMILES string of the molecule is CCOC(=O)c1ccc(-c2cn(C(c3ccccc3)(c3ccccc3)c3ccccc3)cn2)s1. The minimum atomic E-state index is -0.615. The van der Waals surface area contributed by atoms with Gasteiger partial charge in [-0.2, -0.15) is 0 Å². The monoisotopic (exact) mass is 464 g/mol. The molecule has 0 atom stereocenters. The molecule has 34 heavy (non-hydrogen) atoms. The van der Waals surface area contributed by atoms with E-state index >= 15 is 0 Å². The fourth-order valence-electron chi connectivity index (χ4n) is 4.41. The van der Waals surface area contributed by atoms with Gasteiger partial charge in [0.2, 0.25) is 0 Å². The maximum absolute atomic E-state index is 12.2. The van der Waals surface area contributed by atoms with Crippen LogP contribution in [-0.2, 0) is 10.3 Å². The Kier molecular flexibility index (Phi) is 6.11. The summed E-state index contributed by atoms with van der Waals surface area (Å²) in [6.07, 6.45) is 3.94. The van der Waals surface area contributed by atoms with E-state index in [4.69, 9.17) is 9.72 Å². The molecule has 5 heteroatoms. The highest BCUT2D eigenvalue weighted by Gasteiger charge is 2.38. The molecule has 2 aromatic heterocycles. The number of nitrogens with zero attached hydrogens (tertiary/aromatic N) is 2. The van der Waals surface area contributed by atoms with Gasteiger partial charge in [-0.3, -0.25) is 0 Å². The number of aromatic nitrogens is 2. The summed E-state index contributed by atoms with van der Waals surface area (Å²) in [4.78, 5) is 18.4. The van der Waals surface area contributed by atoms with Crippen LogP contribution in [-0.4, -0.2) is 22.1 Å². The van der Waals surface area contributed by atoms with Crippen molar-refractivity contribution in [2.45, 2.75) is 12.5 Å². The van der Waals surface area contributed by atoms with Gasteiger partial charge in [0.15, 0.2) is 0 Å².